The molecule has 1 N–H and O–H groups in total. The van der Waals surface area contributed by atoms with Crippen LogP contribution in [-0.2, 0) is 9.53 Å². The average Bonchev–Trinajstić information content (AvgIpc) is 2.55. The number of ether oxygens (including phenoxy) is 1. The summed E-state index contributed by atoms with van der Waals surface area (Å²) >= 11 is 0. The van der Waals surface area contributed by atoms with E-state index in [-0.39, 0.29) is 12.0 Å². The predicted octanol–water partition coefficient (Wildman–Crippen LogP) is 1.86. The number of rotatable bonds is 1. The lowest BCUT2D eigenvalue weighted by molar-refractivity contribution is -0.121. The number of hydrogen-bond donors (Lipinski definition) is 1. The van der Waals surface area contributed by atoms with Crippen LogP contribution in [0.15, 0.2) is 0 Å². The number of carbonyl (C=O) groups excluding carboxylic acids is 1. The molecule has 5 heteroatoms. The lowest BCUT2D eigenvalue weighted by atomic mass is 9.83. The third-order valence-corrected chi connectivity index (χ3v) is 3.86. The van der Waals surface area contributed by atoms with Gasteiger partial charge in [-0.05, 0) is 32.6 Å². The van der Waals surface area contributed by atoms with Gasteiger partial charge in [0.2, 0.25) is 0 Å². The van der Waals surface area contributed by atoms with E-state index in [1.165, 1.54) is 4.90 Å². The summed E-state index contributed by atoms with van der Waals surface area (Å²) in [6, 6.07) is -0.101. The lowest BCUT2D eigenvalue weighted by Crippen LogP contribution is -2.50. The number of nitrogens with zero attached hydrogens (tertiary/aromatic N) is 1. The molecule has 1 atom stereocenters. The van der Waals surface area contributed by atoms with Crippen molar-refractivity contribution in [3.63, 3.8) is 0 Å². The summed E-state index contributed by atoms with van der Waals surface area (Å²) in [5.41, 5.74) is -0.752. The molecular weight excluding hydrogens is 222 g/mol. The first-order chi connectivity index (χ1) is 7.92. The fourth-order valence-corrected chi connectivity index (χ4v) is 2.90. The minimum atomic E-state index is -0.936. The second-order valence-electron chi connectivity index (χ2n) is 5.35. The van der Waals surface area contributed by atoms with Crippen LogP contribution in [0.1, 0.15) is 39.5 Å². The highest BCUT2D eigenvalue weighted by molar-refractivity contribution is 5.79. The maximum absolute atomic E-state index is 11.3. The molecule has 1 unspecified atom stereocenters. The molecule has 1 heterocycles. The molecule has 1 saturated heterocycles. The van der Waals surface area contributed by atoms with E-state index < -0.39 is 11.8 Å². The van der Waals surface area contributed by atoms with Gasteiger partial charge in [0.15, 0.2) is 0 Å². The fourth-order valence-electron chi connectivity index (χ4n) is 2.90. The fraction of sp³-hybridized carbons (Fsp3) is 0.833. The SMILES string of the molecule is CC1(C)OCC(C2CCC(=O)CC2)N1C(=O)O. The smallest absolute Gasteiger partial charge is 0.409 e. The Hall–Kier alpha value is -1.10. The van der Waals surface area contributed by atoms with Crippen molar-refractivity contribution in [2.24, 2.45) is 5.92 Å². The van der Waals surface area contributed by atoms with Gasteiger partial charge in [-0.1, -0.05) is 0 Å². The maximum Gasteiger partial charge on any atom is 0.409 e. The Morgan fingerprint density at radius 3 is 2.53 bits per heavy atom. The average molecular weight is 241 g/mol. The zero-order chi connectivity index (χ0) is 12.6. The van der Waals surface area contributed by atoms with Gasteiger partial charge in [-0.2, -0.15) is 0 Å². The van der Waals surface area contributed by atoms with Crippen molar-refractivity contribution >= 4 is 11.9 Å². The summed E-state index contributed by atoms with van der Waals surface area (Å²) in [5.74, 6) is 0.548. The van der Waals surface area contributed by atoms with Crippen LogP contribution in [0, 0.1) is 5.92 Å². The Bertz CT molecular complexity index is 329. The van der Waals surface area contributed by atoms with Gasteiger partial charge in [0.25, 0.3) is 0 Å². The first-order valence-corrected chi connectivity index (χ1v) is 6.10. The molecule has 2 rings (SSSR count). The molecule has 1 aliphatic heterocycles. The number of carbonyl (C=O) groups is 2. The highest BCUT2D eigenvalue weighted by Gasteiger charge is 2.47. The van der Waals surface area contributed by atoms with Crippen molar-refractivity contribution in [2.45, 2.75) is 51.3 Å². The van der Waals surface area contributed by atoms with Crippen molar-refractivity contribution in [1.29, 1.82) is 0 Å². The highest BCUT2D eigenvalue weighted by Crippen LogP contribution is 2.36. The largest absolute Gasteiger partial charge is 0.465 e. The van der Waals surface area contributed by atoms with E-state index in [2.05, 4.69) is 0 Å². The number of carboxylic acid groups (broad SMARTS) is 1. The molecular formula is C12H19NO4. The first-order valence-electron chi connectivity index (χ1n) is 6.10. The van der Waals surface area contributed by atoms with Crippen LogP contribution in [0.4, 0.5) is 4.79 Å². The minimum absolute atomic E-state index is 0.101. The van der Waals surface area contributed by atoms with E-state index in [1.54, 1.807) is 13.8 Å². The van der Waals surface area contributed by atoms with E-state index in [0.717, 1.165) is 12.8 Å². The van der Waals surface area contributed by atoms with Crippen LogP contribution in [0.5, 0.6) is 0 Å². The summed E-state index contributed by atoms with van der Waals surface area (Å²) in [5, 5.41) is 9.28. The summed E-state index contributed by atoms with van der Waals surface area (Å²) in [6.45, 7) is 3.99. The number of Topliss-reactive ketones (excluding diaryl/α,β-unsaturated/α-hetero) is 1. The molecule has 1 amide bonds. The number of amides is 1. The molecule has 5 nitrogen and oxygen atoms in total. The Morgan fingerprint density at radius 1 is 1.41 bits per heavy atom. The summed E-state index contributed by atoms with van der Waals surface area (Å²) < 4.78 is 5.57. The van der Waals surface area contributed by atoms with Gasteiger partial charge in [-0.25, -0.2) is 4.79 Å². The Balaban J connectivity index is 2.10. The molecule has 2 fully saturated rings. The summed E-state index contributed by atoms with van der Waals surface area (Å²) in [7, 11) is 0. The Kier molecular flexibility index (Phi) is 3.12. The number of ketones is 1. The molecule has 0 aromatic carbocycles. The predicted molar refractivity (Wildman–Crippen MR) is 60.6 cm³/mol. The van der Waals surface area contributed by atoms with E-state index in [4.69, 9.17) is 4.74 Å². The molecule has 0 aromatic heterocycles. The molecule has 96 valence electrons. The first kappa shape index (κ1) is 12.4. The van der Waals surface area contributed by atoms with Gasteiger partial charge < -0.3 is 9.84 Å². The Morgan fingerprint density at radius 2 is 2.00 bits per heavy atom. The van der Waals surface area contributed by atoms with Gasteiger partial charge in [0.05, 0.1) is 12.6 Å². The van der Waals surface area contributed by atoms with Crippen molar-refractivity contribution in [3.8, 4) is 0 Å². The molecule has 0 radical (unpaired) electrons. The van der Waals surface area contributed by atoms with E-state index in [9.17, 15) is 14.7 Å². The van der Waals surface area contributed by atoms with Crippen LogP contribution in [0.2, 0.25) is 0 Å². The van der Waals surface area contributed by atoms with E-state index in [1.807, 2.05) is 0 Å². The normalized spacial score (nSPS) is 29.6. The van der Waals surface area contributed by atoms with Crippen LogP contribution in [-0.4, -0.2) is 40.3 Å². The lowest BCUT2D eigenvalue weighted by Gasteiger charge is -2.35. The molecule has 0 bridgehead atoms. The van der Waals surface area contributed by atoms with Gasteiger partial charge in [-0.15, -0.1) is 0 Å². The van der Waals surface area contributed by atoms with Gasteiger partial charge in [0, 0.05) is 12.8 Å². The molecule has 2 aliphatic rings. The molecule has 0 spiro atoms. The minimum Gasteiger partial charge on any atom is -0.465 e. The molecule has 0 aromatic rings. The maximum atomic E-state index is 11.3. The van der Waals surface area contributed by atoms with E-state index in [0.29, 0.717) is 25.2 Å². The standard InChI is InChI=1S/C12H19NO4/c1-12(2)13(11(15)16)10(7-17-12)8-3-5-9(14)6-4-8/h8,10H,3-7H2,1-2H3,(H,15,16). The van der Waals surface area contributed by atoms with E-state index >= 15 is 0 Å². The van der Waals surface area contributed by atoms with Crippen LogP contribution < -0.4 is 0 Å². The summed E-state index contributed by atoms with van der Waals surface area (Å²) in [6.07, 6.45) is 1.79. The third-order valence-electron chi connectivity index (χ3n) is 3.86. The zero-order valence-electron chi connectivity index (χ0n) is 10.3. The summed E-state index contributed by atoms with van der Waals surface area (Å²) in [4.78, 5) is 23.9. The third kappa shape index (κ3) is 2.29. The molecule has 1 aliphatic carbocycles. The highest BCUT2D eigenvalue weighted by atomic mass is 16.5. The monoisotopic (exact) mass is 241 g/mol. The van der Waals surface area contributed by atoms with Crippen molar-refractivity contribution < 1.29 is 19.4 Å². The number of hydrogen-bond acceptors (Lipinski definition) is 3. The van der Waals surface area contributed by atoms with Gasteiger partial charge >= 0.3 is 6.09 Å². The van der Waals surface area contributed by atoms with Gasteiger partial charge in [0.1, 0.15) is 11.5 Å². The topological polar surface area (TPSA) is 66.8 Å². The second kappa shape index (κ2) is 4.29. The second-order valence-corrected chi connectivity index (χ2v) is 5.35. The van der Waals surface area contributed by atoms with Gasteiger partial charge in [-0.3, -0.25) is 9.69 Å². The zero-order valence-corrected chi connectivity index (χ0v) is 10.3. The van der Waals surface area contributed by atoms with Crippen LogP contribution in [0.3, 0.4) is 0 Å². The molecule has 17 heavy (non-hydrogen) atoms. The van der Waals surface area contributed by atoms with Crippen molar-refractivity contribution in [3.05, 3.63) is 0 Å². The van der Waals surface area contributed by atoms with Crippen LogP contribution >= 0.6 is 0 Å². The van der Waals surface area contributed by atoms with Crippen LogP contribution in [0.25, 0.3) is 0 Å². The Labute approximate surface area is 101 Å². The van der Waals surface area contributed by atoms with Crippen molar-refractivity contribution in [1.82, 2.24) is 4.90 Å². The molecule has 1 saturated carbocycles. The van der Waals surface area contributed by atoms with Crippen molar-refractivity contribution in [2.75, 3.05) is 6.61 Å². The quantitative estimate of drug-likeness (QED) is 0.761.